The summed E-state index contributed by atoms with van der Waals surface area (Å²) in [7, 11) is -5.34. The first-order chi connectivity index (χ1) is 16.8. The molecule has 8 nitrogen and oxygen atoms in total. The third-order valence-electron chi connectivity index (χ3n) is 5.75. The smallest absolute Gasteiger partial charge is 0.478 e. The second kappa shape index (κ2) is 9.45. The van der Waals surface area contributed by atoms with Gasteiger partial charge in [-0.25, -0.2) is 28.3 Å². The first-order valence-electron chi connectivity index (χ1n) is 10.9. The molecule has 2 aliphatic carbocycles. The number of carboxylic acids is 1. The molecule has 0 spiro atoms. The molecule has 0 amide bonds. The highest BCUT2D eigenvalue weighted by molar-refractivity contribution is 7.90. The molecule has 0 unspecified atom stereocenters. The van der Waals surface area contributed by atoms with Crippen molar-refractivity contribution >= 4 is 44.1 Å². The first kappa shape index (κ1) is 26.0. The van der Waals surface area contributed by atoms with Crippen LogP contribution < -0.4 is 5.14 Å². The molecule has 3 heterocycles. The predicted molar refractivity (Wildman–Crippen MR) is 130 cm³/mol. The van der Waals surface area contributed by atoms with Crippen LogP contribution in [0.5, 0.6) is 0 Å². The minimum atomic E-state index is -5.34. The monoisotopic (exact) mass is 540 g/mol. The van der Waals surface area contributed by atoms with Crippen LogP contribution in [-0.2, 0) is 21.4 Å². The molecule has 36 heavy (non-hydrogen) atoms. The van der Waals surface area contributed by atoms with E-state index >= 15 is 0 Å². The fraction of sp³-hybridized carbons (Fsp3) is 0.348. The number of pyridine rings is 1. The van der Waals surface area contributed by atoms with Crippen molar-refractivity contribution in [1.82, 2.24) is 14.5 Å². The Bertz CT molecular complexity index is 1510. The quantitative estimate of drug-likeness (QED) is 0.486. The van der Waals surface area contributed by atoms with Gasteiger partial charge in [-0.2, -0.15) is 13.2 Å². The largest absolute Gasteiger partial charge is 0.511 e. The molecule has 0 radical (unpaired) electrons. The van der Waals surface area contributed by atoms with Crippen molar-refractivity contribution in [2.24, 2.45) is 5.14 Å². The minimum Gasteiger partial charge on any atom is -0.478 e. The predicted octanol–water partition coefficient (Wildman–Crippen LogP) is 4.63. The molecular formula is C23H23F3N4O4S2. The van der Waals surface area contributed by atoms with Gasteiger partial charge in [-0.3, -0.25) is 0 Å². The summed E-state index contributed by atoms with van der Waals surface area (Å²) in [4.78, 5) is 23.4. The number of nitrogens with zero attached hydrogens (tertiary/aromatic N) is 3. The number of rotatable bonds is 5. The van der Waals surface area contributed by atoms with E-state index in [2.05, 4.69) is 28.8 Å². The number of hydrogen-bond donors (Lipinski definition) is 2. The Kier molecular flexibility index (Phi) is 6.84. The molecule has 3 N–H and O–H groups in total. The van der Waals surface area contributed by atoms with Gasteiger partial charge in [-0.15, -0.1) is 11.3 Å². The van der Waals surface area contributed by atoms with E-state index < -0.39 is 21.5 Å². The van der Waals surface area contributed by atoms with Crippen LogP contribution in [0.4, 0.5) is 13.2 Å². The average Bonchev–Trinajstić information content (AvgIpc) is 3.16. The summed E-state index contributed by atoms with van der Waals surface area (Å²) in [6.45, 7) is 4.85. The Labute approximate surface area is 209 Å². The van der Waals surface area contributed by atoms with Crippen molar-refractivity contribution in [2.75, 3.05) is 0 Å². The van der Waals surface area contributed by atoms with Gasteiger partial charge in [0, 0.05) is 32.5 Å². The summed E-state index contributed by atoms with van der Waals surface area (Å²) in [5.41, 5.74) is 0.140. The lowest BCUT2D eigenvalue weighted by molar-refractivity contribution is -0.132. The number of aliphatic carboxylic acids is 1. The molecule has 3 aromatic rings. The fourth-order valence-corrected chi connectivity index (χ4v) is 4.98. The zero-order chi connectivity index (χ0) is 26.4. The van der Waals surface area contributed by atoms with Crippen LogP contribution in [0.3, 0.4) is 0 Å². The summed E-state index contributed by atoms with van der Waals surface area (Å²) < 4.78 is 53.4. The zero-order valence-corrected chi connectivity index (χ0v) is 21.0. The SMILES string of the molecule is Cc1cc(C)c2nc(C3CC3)n(Cc3ccc(C4=C(C(=O)O)CC=C4)s3)c2n1.NS(=O)(=O)C(F)(F)F. The van der Waals surface area contributed by atoms with E-state index in [4.69, 9.17) is 9.97 Å². The first-order valence-corrected chi connectivity index (χ1v) is 13.3. The van der Waals surface area contributed by atoms with Crippen molar-refractivity contribution in [3.63, 3.8) is 0 Å². The molecule has 0 atom stereocenters. The van der Waals surface area contributed by atoms with Gasteiger partial charge < -0.3 is 9.67 Å². The van der Waals surface area contributed by atoms with E-state index in [0.717, 1.165) is 39.7 Å². The van der Waals surface area contributed by atoms with Crippen molar-refractivity contribution in [3.8, 4) is 0 Å². The van der Waals surface area contributed by atoms with E-state index in [0.29, 0.717) is 17.9 Å². The Morgan fingerprint density at radius 1 is 1.25 bits per heavy atom. The molecular weight excluding hydrogens is 517 g/mol. The number of primary sulfonamides is 1. The van der Waals surface area contributed by atoms with Crippen LogP contribution in [-0.4, -0.2) is 39.5 Å². The number of imidazole rings is 1. The molecule has 0 saturated heterocycles. The van der Waals surface area contributed by atoms with Crippen molar-refractivity contribution in [1.29, 1.82) is 0 Å². The second-order valence-electron chi connectivity index (χ2n) is 8.64. The highest BCUT2D eigenvalue weighted by Gasteiger charge is 2.42. The van der Waals surface area contributed by atoms with Crippen molar-refractivity contribution in [3.05, 3.63) is 62.8 Å². The van der Waals surface area contributed by atoms with Gasteiger partial charge in [-0.05, 0) is 56.9 Å². The maximum absolute atomic E-state index is 11.5. The van der Waals surface area contributed by atoms with Gasteiger partial charge in [0.15, 0.2) is 5.65 Å². The van der Waals surface area contributed by atoms with E-state index in [1.165, 1.54) is 23.3 Å². The van der Waals surface area contributed by atoms with E-state index in [-0.39, 0.29) is 0 Å². The van der Waals surface area contributed by atoms with Gasteiger partial charge in [0.2, 0.25) is 0 Å². The number of fused-ring (bicyclic) bond motifs is 1. The summed E-state index contributed by atoms with van der Waals surface area (Å²) in [5, 5.41) is 13.1. The van der Waals surface area contributed by atoms with Crippen LogP contribution in [0.15, 0.2) is 35.9 Å². The van der Waals surface area contributed by atoms with Crippen LogP contribution in [0.25, 0.3) is 16.7 Å². The molecule has 2 aliphatic rings. The molecule has 192 valence electrons. The maximum atomic E-state index is 11.5. The van der Waals surface area contributed by atoms with Gasteiger partial charge in [0.05, 0.1) is 6.54 Å². The van der Waals surface area contributed by atoms with Crippen molar-refractivity contribution < 1.29 is 31.5 Å². The number of alkyl halides is 3. The topological polar surface area (TPSA) is 128 Å². The van der Waals surface area contributed by atoms with Gasteiger partial charge in [0.25, 0.3) is 0 Å². The molecule has 13 heteroatoms. The zero-order valence-electron chi connectivity index (χ0n) is 19.3. The molecule has 3 aromatic heterocycles. The lowest BCUT2D eigenvalue weighted by Gasteiger charge is -2.07. The summed E-state index contributed by atoms with van der Waals surface area (Å²) in [5.74, 6) is 0.839. The molecule has 5 rings (SSSR count). The van der Waals surface area contributed by atoms with Gasteiger partial charge >= 0.3 is 21.5 Å². The number of allylic oxidation sites excluding steroid dienone is 3. The van der Waals surface area contributed by atoms with Crippen molar-refractivity contribution in [2.45, 2.75) is 51.1 Å². The Morgan fingerprint density at radius 2 is 1.92 bits per heavy atom. The lowest BCUT2D eigenvalue weighted by Crippen LogP contribution is -2.30. The Hall–Kier alpha value is -3.03. The summed E-state index contributed by atoms with van der Waals surface area (Å²) >= 11 is 1.66. The van der Waals surface area contributed by atoms with E-state index in [1.54, 1.807) is 11.3 Å². The Balaban J connectivity index is 0.000000331. The number of hydrogen-bond acceptors (Lipinski definition) is 6. The minimum absolute atomic E-state index is 0.480. The fourth-order valence-electron chi connectivity index (χ4n) is 3.93. The second-order valence-corrected chi connectivity index (χ2v) is 11.4. The molecule has 1 fully saturated rings. The standard InChI is InChI=1S/C22H21N3O2S.CH2F3NO2S/c1-12-10-13(2)23-21-19(12)24-20(14-6-7-14)25(21)11-15-8-9-18(28-15)16-4-3-5-17(16)22(26)27;2-1(3,4)8(5,6)7/h3-4,8-10,14H,5-7,11H2,1-2H3,(H,26,27);(H2,5,6,7). The summed E-state index contributed by atoms with van der Waals surface area (Å²) in [6, 6.07) is 6.23. The molecule has 0 bridgehead atoms. The van der Waals surface area contributed by atoms with Gasteiger partial charge in [0.1, 0.15) is 11.3 Å². The van der Waals surface area contributed by atoms with Crippen LogP contribution in [0.1, 0.15) is 52.0 Å². The highest BCUT2D eigenvalue weighted by atomic mass is 32.2. The van der Waals surface area contributed by atoms with Gasteiger partial charge in [-0.1, -0.05) is 12.2 Å². The molecule has 0 aromatic carbocycles. The van der Waals surface area contributed by atoms with E-state index in [1.807, 2.05) is 25.1 Å². The molecule has 1 saturated carbocycles. The van der Waals surface area contributed by atoms with Crippen LogP contribution in [0.2, 0.25) is 0 Å². The number of carboxylic acid groups (broad SMARTS) is 1. The van der Waals surface area contributed by atoms with E-state index in [9.17, 15) is 31.5 Å². The average molecular weight is 541 g/mol. The lowest BCUT2D eigenvalue weighted by atomic mass is 10.1. The number of sulfonamides is 1. The normalized spacial score (nSPS) is 15.9. The summed E-state index contributed by atoms with van der Waals surface area (Å²) in [6.07, 6.45) is 6.73. The maximum Gasteiger partial charge on any atom is 0.511 e. The third kappa shape index (κ3) is 5.37. The third-order valence-corrected chi connectivity index (χ3v) is 7.50. The number of carbonyl (C=O) groups is 1. The highest BCUT2D eigenvalue weighted by Crippen LogP contribution is 2.41. The number of aromatic nitrogens is 3. The number of thiophene rings is 1. The number of nitrogens with two attached hydrogens (primary N) is 1. The van der Waals surface area contributed by atoms with Crippen LogP contribution in [0, 0.1) is 13.8 Å². The van der Waals surface area contributed by atoms with Crippen LogP contribution >= 0.6 is 11.3 Å². The number of halogens is 3. The number of aryl methyl sites for hydroxylation is 2. The molecule has 0 aliphatic heterocycles. The Morgan fingerprint density at radius 3 is 2.50 bits per heavy atom.